The second-order valence-electron chi connectivity index (χ2n) is 4.77. The van der Waals surface area contributed by atoms with Crippen LogP contribution in [0.3, 0.4) is 0 Å². The number of rotatable bonds is 8. The number of carboxylic acids is 1. The molecule has 20 heavy (non-hydrogen) atoms. The molecule has 0 unspecified atom stereocenters. The van der Waals surface area contributed by atoms with E-state index in [9.17, 15) is 4.79 Å². The monoisotopic (exact) mass is 299 g/mol. The lowest BCUT2D eigenvalue weighted by molar-refractivity contribution is -0.136. The molecule has 2 rings (SSSR count). The highest BCUT2D eigenvalue weighted by Crippen LogP contribution is 2.16. The fourth-order valence-electron chi connectivity index (χ4n) is 2.06. The van der Waals surface area contributed by atoms with Crippen molar-refractivity contribution in [3.05, 3.63) is 11.1 Å². The number of carboxylic acid groups (broad SMARTS) is 1. The Morgan fingerprint density at radius 1 is 1.50 bits per heavy atom. The molecule has 2 heterocycles. The van der Waals surface area contributed by atoms with Crippen molar-refractivity contribution in [3.8, 4) is 0 Å². The van der Waals surface area contributed by atoms with Gasteiger partial charge in [0.05, 0.1) is 25.3 Å². The van der Waals surface area contributed by atoms with Gasteiger partial charge in [-0.3, -0.25) is 9.69 Å². The molecule has 112 valence electrons. The summed E-state index contributed by atoms with van der Waals surface area (Å²) in [4.78, 5) is 17.3. The Hall–Kier alpha value is -1.18. The number of aromatic nitrogens is 1. The van der Waals surface area contributed by atoms with E-state index in [0.717, 1.165) is 56.6 Å². The first-order valence-corrected chi connectivity index (χ1v) is 7.82. The Morgan fingerprint density at radius 2 is 2.30 bits per heavy atom. The third-order valence-corrected chi connectivity index (χ3v) is 4.03. The minimum atomic E-state index is -0.780. The van der Waals surface area contributed by atoms with Gasteiger partial charge in [0.2, 0.25) is 0 Å². The van der Waals surface area contributed by atoms with E-state index >= 15 is 0 Å². The van der Waals surface area contributed by atoms with Gasteiger partial charge in [0.1, 0.15) is 0 Å². The summed E-state index contributed by atoms with van der Waals surface area (Å²) in [5.41, 5.74) is 0.855. The maximum Gasteiger partial charge on any atom is 0.303 e. The number of ether oxygens (including phenoxy) is 1. The zero-order chi connectivity index (χ0) is 14.2. The van der Waals surface area contributed by atoms with Crippen molar-refractivity contribution in [2.75, 3.05) is 44.7 Å². The summed E-state index contributed by atoms with van der Waals surface area (Å²) >= 11 is 1.54. The topological polar surface area (TPSA) is 74.7 Å². The number of hydrogen-bond acceptors (Lipinski definition) is 6. The van der Waals surface area contributed by atoms with Crippen LogP contribution in [0.1, 0.15) is 18.5 Å². The first-order valence-electron chi connectivity index (χ1n) is 6.94. The summed E-state index contributed by atoms with van der Waals surface area (Å²) in [7, 11) is 0. The van der Waals surface area contributed by atoms with E-state index < -0.39 is 5.97 Å². The Labute approximate surface area is 122 Å². The van der Waals surface area contributed by atoms with Gasteiger partial charge in [0.25, 0.3) is 0 Å². The zero-order valence-electron chi connectivity index (χ0n) is 11.5. The standard InChI is InChI=1S/C13H21N3O3S/c17-12(18)3-2-11-10-20-13(15-11)14-4-1-5-16-6-8-19-9-7-16/h10H,1-9H2,(H,14,15)(H,17,18). The van der Waals surface area contributed by atoms with Crippen LogP contribution in [0.15, 0.2) is 5.38 Å². The van der Waals surface area contributed by atoms with Gasteiger partial charge in [-0.05, 0) is 13.0 Å². The van der Waals surface area contributed by atoms with Gasteiger partial charge in [0.15, 0.2) is 5.13 Å². The molecule has 0 atom stereocenters. The van der Waals surface area contributed by atoms with Crippen molar-refractivity contribution < 1.29 is 14.6 Å². The molecule has 0 amide bonds. The summed E-state index contributed by atoms with van der Waals surface area (Å²) in [5, 5.41) is 14.7. The van der Waals surface area contributed by atoms with Crippen molar-refractivity contribution in [2.24, 2.45) is 0 Å². The van der Waals surface area contributed by atoms with E-state index in [1.54, 1.807) is 0 Å². The van der Waals surface area contributed by atoms with Crippen molar-refractivity contribution >= 4 is 22.4 Å². The Bertz CT molecular complexity index is 419. The normalized spacial score (nSPS) is 16.2. The number of anilines is 1. The zero-order valence-corrected chi connectivity index (χ0v) is 12.3. The molecule has 7 heteroatoms. The molecule has 0 spiro atoms. The summed E-state index contributed by atoms with van der Waals surface area (Å²) in [6.07, 6.45) is 1.71. The first-order chi connectivity index (χ1) is 9.74. The Balaban J connectivity index is 1.60. The number of carbonyl (C=O) groups is 1. The molecule has 1 aliphatic rings. The van der Waals surface area contributed by atoms with E-state index in [2.05, 4.69) is 15.2 Å². The maximum absolute atomic E-state index is 10.5. The number of hydrogen-bond donors (Lipinski definition) is 2. The van der Waals surface area contributed by atoms with Gasteiger partial charge in [0, 0.05) is 31.4 Å². The predicted molar refractivity (Wildman–Crippen MR) is 78.4 cm³/mol. The Morgan fingerprint density at radius 3 is 3.05 bits per heavy atom. The molecule has 0 saturated carbocycles. The van der Waals surface area contributed by atoms with Crippen molar-refractivity contribution in [2.45, 2.75) is 19.3 Å². The third-order valence-electron chi connectivity index (χ3n) is 3.18. The van der Waals surface area contributed by atoms with E-state index in [4.69, 9.17) is 9.84 Å². The first kappa shape index (κ1) is 15.2. The summed E-state index contributed by atoms with van der Waals surface area (Å²) in [5.74, 6) is -0.780. The second-order valence-corrected chi connectivity index (χ2v) is 5.63. The van der Waals surface area contributed by atoms with Crippen LogP contribution in [-0.4, -0.2) is 60.4 Å². The van der Waals surface area contributed by atoms with Crippen molar-refractivity contribution in [3.63, 3.8) is 0 Å². The lowest BCUT2D eigenvalue weighted by atomic mass is 10.2. The predicted octanol–water partition coefficient (Wildman–Crippen LogP) is 1.29. The highest BCUT2D eigenvalue weighted by Gasteiger charge is 2.09. The van der Waals surface area contributed by atoms with E-state index in [0.29, 0.717) is 6.42 Å². The molecule has 0 aromatic carbocycles. The fourth-order valence-corrected chi connectivity index (χ4v) is 2.83. The van der Waals surface area contributed by atoms with Crippen LogP contribution < -0.4 is 5.32 Å². The van der Waals surface area contributed by atoms with Crippen LogP contribution in [0.25, 0.3) is 0 Å². The molecular formula is C13H21N3O3S. The molecule has 1 aromatic heterocycles. The molecule has 0 bridgehead atoms. The molecule has 1 saturated heterocycles. The van der Waals surface area contributed by atoms with Gasteiger partial charge in [-0.2, -0.15) is 0 Å². The average Bonchev–Trinajstić information content (AvgIpc) is 2.90. The van der Waals surface area contributed by atoms with Crippen LogP contribution >= 0.6 is 11.3 Å². The number of aryl methyl sites for hydroxylation is 1. The number of nitrogens with one attached hydrogen (secondary N) is 1. The highest BCUT2D eigenvalue weighted by molar-refractivity contribution is 7.13. The van der Waals surface area contributed by atoms with E-state index in [-0.39, 0.29) is 6.42 Å². The van der Waals surface area contributed by atoms with Gasteiger partial charge >= 0.3 is 5.97 Å². The number of thiazole rings is 1. The van der Waals surface area contributed by atoms with Crippen LogP contribution in [0.4, 0.5) is 5.13 Å². The summed E-state index contributed by atoms with van der Waals surface area (Å²) < 4.78 is 5.31. The molecule has 0 aliphatic carbocycles. The van der Waals surface area contributed by atoms with E-state index in [1.165, 1.54) is 11.3 Å². The lowest BCUT2D eigenvalue weighted by Gasteiger charge is -2.26. The molecule has 1 aliphatic heterocycles. The van der Waals surface area contributed by atoms with Crippen LogP contribution in [0.5, 0.6) is 0 Å². The molecular weight excluding hydrogens is 278 g/mol. The molecule has 1 fully saturated rings. The quantitative estimate of drug-likeness (QED) is 0.705. The third kappa shape index (κ3) is 5.44. The Kier molecular flexibility index (Phi) is 6.23. The number of aliphatic carboxylic acids is 1. The van der Waals surface area contributed by atoms with Gasteiger partial charge in [-0.25, -0.2) is 4.98 Å². The molecule has 0 radical (unpaired) electrons. The minimum absolute atomic E-state index is 0.139. The molecule has 1 aromatic rings. The summed E-state index contributed by atoms with van der Waals surface area (Å²) in [6.45, 7) is 5.70. The van der Waals surface area contributed by atoms with Gasteiger partial charge < -0.3 is 15.2 Å². The smallest absolute Gasteiger partial charge is 0.303 e. The fraction of sp³-hybridized carbons (Fsp3) is 0.692. The van der Waals surface area contributed by atoms with Crippen LogP contribution in [0, 0.1) is 0 Å². The summed E-state index contributed by atoms with van der Waals surface area (Å²) in [6, 6.07) is 0. The number of nitrogens with zero attached hydrogens (tertiary/aromatic N) is 2. The maximum atomic E-state index is 10.5. The second kappa shape index (κ2) is 8.18. The average molecular weight is 299 g/mol. The number of morpholine rings is 1. The largest absolute Gasteiger partial charge is 0.481 e. The van der Waals surface area contributed by atoms with Crippen LogP contribution in [-0.2, 0) is 16.0 Å². The molecule has 2 N–H and O–H groups in total. The van der Waals surface area contributed by atoms with Gasteiger partial charge in [-0.15, -0.1) is 11.3 Å². The SMILES string of the molecule is O=C(O)CCc1csc(NCCCN2CCOCC2)n1. The van der Waals surface area contributed by atoms with Gasteiger partial charge in [-0.1, -0.05) is 0 Å². The van der Waals surface area contributed by atoms with Crippen molar-refractivity contribution in [1.29, 1.82) is 0 Å². The van der Waals surface area contributed by atoms with E-state index in [1.807, 2.05) is 5.38 Å². The molecule has 6 nitrogen and oxygen atoms in total. The van der Waals surface area contributed by atoms with Crippen molar-refractivity contribution in [1.82, 2.24) is 9.88 Å². The minimum Gasteiger partial charge on any atom is -0.481 e. The van der Waals surface area contributed by atoms with Crippen LogP contribution in [0.2, 0.25) is 0 Å². The highest BCUT2D eigenvalue weighted by atomic mass is 32.1. The lowest BCUT2D eigenvalue weighted by Crippen LogP contribution is -2.37.